The molecule has 172 valence electrons. The predicted molar refractivity (Wildman–Crippen MR) is 127 cm³/mol. The van der Waals surface area contributed by atoms with Crippen LogP contribution in [-0.2, 0) is 6.54 Å². The van der Waals surface area contributed by atoms with E-state index in [0.29, 0.717) is 29.7 Å². The van der Waals surface area contributed by atoms with E-state index in [-0.39, 0.29) is 18.1 Å². The van der Waals surface area contributed by atoms with Gasteiger partial charge in [-0.2, -0.15) is 5.10 Å². The molecule has 0 bridgehead atoms. The molecule has 2 atom stereocenters. The molecular weight excluding hydrogens is 461 g/mol. The first kappa shape index (κ1) is 22.0. The van der Waals surface area contributed by atoms with Crippen molar-refractivity contribution in [3.05, 3.63) is 75.8 Å². The van der Waals surface area contributed by atoms with Crippen LogP contribution in [0.3, 0.4) is 0 Å². The van der Waals surface area contributed by atoms with Crippen LogP contribution in [0.5, 0.6) is 5.75 Å². The summed E-state index contributed by atoms with van der Waals surface area (Å²) in [5.74, 6) is 1.58. The third-order valence-corrected chi connectivity index (χ3v) is 6.73. The van der Waals surface area contributed by atoms with E-state index in [4.69, 9.17) is 27.9 Å². The lowest BCUT2D eigenvalue weighted by Crippen LogP contribution is -2.41. The van der Waals surface area contributed by atoms with E-state index < -0.39 is 0 Å². The number of hydrogen-bond donors (Lipinski definition) is 1. The van der Waals surface area contributed by atoms with Gasteiger partial charge in [-0.15, -0.1) is 0 Å². The summed E-state index contributed by atoms with van der Waals surface area (Å²) in [7, 11) is 0. The fourth-order valence-corrected chi connectivity index (χ4v) is 4.93. The lowest BCUT2D eigenvalue weighted by molar-refractivity contribution is 0.185. The van der Waals surface area contributed by atoms with Crippen molar-refractivity contribution in [1.29, 1.82) is 0 Å². The van der Waals surface area contributed by atoms with Gasteiger partial charge < -0.3 is 15.0 Å². The van der Waals surface area contributed by atoms with E-state index in [2.05, 4.69) is 15.4 Å². The van der Waals surface area contributed by atoms with Crippen LogP contribution in [0.25, 0.3) is 0 Å². The summed E-state index contributed by atoms with van der Waals surface area (Å²) in [5, 5.41) is 8.98. The SMILES string of the molecule is O=C(N[C@H]1CCCOc2ccc(Cl)cc21)N1CCC[C@@H]1c1ncnn1Cc1ccc(Cl)cc1. The number of nitrogens with zero attached hydrogens (tertiary/aromatic N) is 4. The number of likely N-dealkylation sites (tertiary alicyclic amines) is 1. The predicted octanol–water partition coefficient (Wildman–Crippen LogP) is 5.39. The molecule has 2 aliphatic rings. The maximum absolute atomic E-state index is 13.4. The van der Waals surface area contributed by atoms with Gasteiger partial charge in [-0.1, -0.05) is 35.3 Å². The normalized spacial score (nSPS) is 20.1. The van der Waals surface area contributed by atoms with E-state index in [1.807, 2.05) is 52.0 Å². The second kappa shape index (κ2) is 9.61. The number of carbonyl (C=O) groups excluding carboxylic acids is 1. The van der Waals surface area contributed by atoms with Gasteiger partial charge in [0.1, 0.15) is 17.9 Å². The van der Waals surface area contributed by atoms with Crippen molar-refractivity contribution in [1.82, 2.24) is 25.0 Å². The van der Waals surface area contributed by atoms with Crippen molar-refractivity contribution in [3.8, 4) is 5.75 Å². The van der Waals surface area contributed by atoms with Gasteiger partial charge in [0.25, 0.3) is 0 Å². The Morgan fingerprint density at radius 3 is 2.76 bits per heavy atom. The van der Waals surface area contributed by atoms with Crippen LogP contribution in [0, 0.1) is 0 Å². The number of hydrogen-bond acceptors (Lipinski definition) is 4. The molecule has 0 unspecified atom stereocenters. The topological polar surface area (TPSA) is 72.3 Å². The van der Waals surface area contributed by atoms with E-state index >= 15 is 0 Å². The van der Waals surface area contributed by atoms with Crippen LogP contribution in [0.1, 0.15) is 54.7 Å². The quantitative estimate of drug-likeness (QED) is 0.537. The molecule has 3 heterocycles. The number of aromatic nitrogens is 3. The minimum atomic E-state index is -0.151. The lowest BCUT2D eigenvalue weighted by atomic mass is 10.0. The fourth-order valence-electron chi connectivity index (χ4n) is 4.62. The molecule has 2 amide bonds. The molecule has 2 aliphatic heterocycles. The van der Waals surface area contributed by atoms with E-state index in [1.54, 1.807) is 6.33 Å². The number of carbonyl (C=O) groups is 1. The van der Waals surface area contributed by atoms with Crippen molar-refractivity contribution in [2.24, 2.45) is 0 Å². The number of benzene rings is 2. The molecule has 1 fully saturated rings. The number of halogens is 2. The zero-order valence-electron chi connectivity index (χ0n) is 18.1. The van der Waals surface area contributed by atoms with Crippen LogP contribution < -0.4 is 10.1 Å². The fraction of sp³-hybridized carbons (Fsp3) is 0.375. The van der Waals surface area contributed by atoms with Crippen molar-refractivity contribution >= 4 is 29.2 Å². The van der Waals surface area contributed by atoms with Gasteiger partial charge in [-0.25, -0.2) is 14.5 Å². The monoisotopic (exact) mass is 485 g/mol. The first-order chi connectivity index (χ1) is 16.1. The molecule has 1 aromatic heterocycles. The Morgan fingerprint density at radius 2 is 1.91 bits per heavy atom. The average Bonchev–Trinajstić information content (AvgIpc) is 3.43. The molecule has 1 N–H and O–H groups in total. The Kier molecular flexibility index (Phi) is 6.42. The largest absolute Gasteiger partial charge is 0.493 e. The zero-order valence-corrected chi connectivity index (χ0v) is 19.6. The molecule has 7 nitrogen and oxygen atoms in total. The maximum atomic E-state index is 13.4. The van der Waals surface area contributed by atoms with Crippen molar-refractivity contribution in [2.45, 2.75) is 44.3 Å². The minimum absolute atomic E-state index is 0.101. The summed E-state index contributed by atoms with van der Waals surface area (Å²) in [4.78, 5) is 19.8. The summed E-state index contributed by atoms with van der Waals surface area (Å²) in [6.45, 7) is 1.88. The molecule has 0 aliphatic carbocycles. The van der Waals surface area contributed by atoms with Crippen LogP contribution in [0.15, 0.2) is 48.8 Å². The Bertz CT molecular complexity index is 1130. The highest BCUT2D eigenvalue weighted by Crippen LogP contribution is 2.35. The van der Waals surface area contributed by atoms with Gasteiger partial charge in [0.15, 0.2) is 0 Å². The highest BCUT2D eigenvalue weighted by Gasteiger charge is 2.35. The van der Waals surface area contributed by atoms with Gasteiger partial charge in [0.2, 0.25) is 0 Å². The van der Waals surface area contributed by atoms with Gasteiger partial charge in [0.05, 0.1) is 25.2 Å². The molecule has 2 aromatic carbocycles. The van der Waals surface area contributed by atoms with E-state index in [1.165, 1.54) is 0 Å². The molecule has 33 heavy (non-hydrogen) atoms. The summed E-state index contributed by atoms with van der Waals surface area (Å²) in [5.41, 5.74) is 2.00. The first-order valence-electron chi connectivity index (χ1n) is 11.2. The smallest absolute Gasteiger partial charge is 0.318 e. The highest BCUT2D eigenvalue weighted by atomic mass is 35.5. The highest BCUT2D eigenvalue weighted by molar-refractivity contribution is 6.30. The van der Waals surface area contributed by atoms with Crippen molar-refractivity contribution < 1.29 is 9.53 Å². The third-order valence-electron chi connectivity index (χ3n) is 6.24. The van der Waals surface area contributed by atoms with E-state index in [9.17, 15) is 4.79 Å². The molecule has 0 spiro atoms. The number of nitrogens with one attached hydrogen (secondary N) is 1. The van der Waals surface area contributed by atoms with Crippen LogP contribution in [-0.4, -0.2) is 38.8 Å². The molecular formula is C24H25Cl2N5O2. The average molecular weight is 486 g/mol. The van der Waals surface area contributed by atoms with Gasteiger partial charge >= 0.3 is 6.03 Å². The zero-order chi connectivity index (χ0) is 22.8. The van der Waals surface area contributed by atoms with Gasteiger partial charge in [0, 0.05) is 22.2 Å². The molecule has 3 aromatic rings. The number of fused-ring (bicyclic) bond motifs is 1. The summed E-state index contributed by atoms with van der Waals surface area (Å²) >= 11 is 12.2. The van der Waals surface area contributed by atoms with Crippen molar-refractivity contribution in [2.75, 3.05) is 13.2 Å². The molecule has 0 radical (unpaired) electrons. The third kappa shape index (κ3) is 4.80. The van der Waals surface area contributed by atoms with Crippen LogP contribution in [0.2, 0.25) is 10.0 Å². The summed E-state index contributed by atoms with van der Waals surface area (Å²) in [6.07, 6.45) is 4.98. The van der Waals surface area contributed by atoms with Gasteiger partial charge in [-0.05, 0) is 61.6 Å². The second-order valence-corrected chi connectivity index (χ2v) is 9.30. The number of amides is 2. The molecule has 0 saturated carbocycles. The molecule has 5 rings (SSSR count). The maximum Gasteiger partial charge on any atom is 0.318 e. The molecule has 9 heteroatoms. The standard InChI is InChI=1S/C24H25Cl2N5O2/c25-17-7-5-16(6-8-17)14-31-23(27-15-28-31)21-4-1-11-30(21)24(32)29-20-3-2-12-33-22-10-9-18(26)13-19(20)22/h5-10,13,15,20-21H,1-4,11-12,14H2,(H,29,32)/t20-,21+/m0/s1. The Morgan fingerprint density at radius 1 is 1.09 bits per heavy atom. The van der Waals surface area contributed by atoms with Crippen LogP contribution >= 0.6 is 23.2 Å². The Balaban J connectivity index is 1.34. The Labute approximate surface area is 202 Å². The van der Waals surface area contributed by atoms with E-state index in [0.717, 1.165) is 48.4 Å². The minimum Gasteiger partial charge on any atom is -0.493 e. The van der Waals surface area contributed by atoms with Gasteiger partial charge in [-0.3, -0.25) is 0 Å². The number of ether oxygens (including phenoxy) is 1. The molecule has 1 saturated heterocycles. The van der Waals surface area contributed by atoms with Crippen molar-refractivity contribution in [3.63, 3.8) is 0 Å². The first-order valence-corrected chi connectivity index (χ1v) is 12.0. The number of urea groups is 1. The Hall–Kier alpha value is -2.77. The lowest BCUT2D eigenvalue weighted by Gasteiger charge is -2.27. The number of rotatable bonds is 4. The van der Waals surface area contributed by atoms with Crippen LogP contribution in [0.4, 0.5) is 4.79 Å². The summed E-state index contributed by atoms with van der Waals surface area (Å²) < 4.78 is 7.72. The summed E-state index contributed by atoms with van der Waals surface area (Å²) in [6, 6.07) is 12.9. The second-order valence-electron chi connectivity index (χ2n) is 8.43.